The zero-order valence-corrected chi connectivity index (χ0v) is 12.2. The smallest absolute Gasteiger partial charge is 0.348 e. The van der Waals surface area contributed by atoms with Crippen LogP contribution in [-0.2, 0) is 4.74 Å². The van der Waals surface area contributed by atoms with Gasteiger partial charge in [-0.3, -0.25) is 9.78 Å². The third-order valence-corrected chi connectivity index (χ3v) is 4.29. The van der Waals surface area contributed by atoms with E-state index in [0.717, 1.165) is 16.9 Å². The normalized spacial score (nSPS) is 10.8. The van der Waals surface area contributed by atoms with Crippen LogP contribution in [0.25, 0.3) is 21.6 Å². The van der Waals surface area contributed by atoms with Crippen LogP contribution in [-0.4, -0.2) is 28.0 Å². The van der Waals surface area contributed by atoms with Gasteiger partial charge in [0.2, 0.25) is 0 Å². The van der Waals surface area contributed by atoms with Crippen LogP contribution in [0.1, 0.15) is 15.2 Å². The van der Waals surface area contributed by atoms with Gasteiger partial charge in [-0.1, -0.05) is 0 Å². The number of carbonyl (C=O) groups excluding carboxylic acids is 1. The molecule has 0 bridgehead atoms. The zero-order valence-electron chi connectivity index (χ0n) is 11.3. The summed E-state index contributed by atoms with van der Waals surface area (Å²) in [5, 5.41) is 0.429. The number of thiophene rings is 1. The van der Waals surface area contributed by atoms with Crippen LogP contribution in [0.5, 0.6) is 0 Å². The Morgan fingerprint density at radius 3 is 2.71 bits per heavy atom. The summed E-state index contributed by atoms with van der Waals surface area (Å²) in [4.78, 5) is 36.0. The molecule has 3 aromatic heterocycles. The number of hydrogen-bond acceptors (Lipinski definition) is 6. The first-order chi connectivity index (χ1) is 10.1. The molecule has 6 nitrogen and oxygen atoms in total. The highest BCUT2D eigenvalue weighted by molar-refractivity contribution is 7.20. The standard InChI is InChI=1S/C14H11N3O3S/c1-7-9-12(18)16-11(8-3-5-15-6-4-8)17-13(9)21-10(7)14(19)20-2/h3-6H,1-2H3,(H,16,17,18). The fourth-order valence-electron chi connectivity index (χ4n) is 2.08. The second-order valence-corrected chi connectivity index (χ2v) is 5.38. The molecule has 0 aliphatic carbocycles. The average Bonchev–Trinajstić information content (AvgIpc) is 2.85. The van der Waals surface area contributed by atoms with Crippen molar-refractivity contribution in [1.82, 2.24) is 15.0 Å². The number of aromatic nitrogens is 3. The van der Waals surface area contributed by atoms with E-state index in [0.29, 0.717) is 26.5 Å². The van der Waals surface area contributed by atoms with Gasteiger partial charge in [-0.2, -0.15) is 0 Å². The molecule has 0 spiro atoms. The molecule has 0 radical (unpaired) electrons. The third-order valence-electron chi connectivity index (χ3n) is 3.13. The molecule has 0 fully saturated rings. The van der Waals surface area contributed by atoms with Crippen LogP contribution < -0.4 is 5.56 Å². The summed E-state index contributed by atoms with van der Waals surface area (Å²) >= 11 is 1.16. The lowest BCUT2D eigenvalue weighted by molar-refractivity contribution is 0.0605. The zero-order chi connectivity index (χ0) is 15.0. The summed E-state index contributed by atoms with van der Waals surface area (Å²) in [6.07, 6.45) is 3.25. The number of H-pyrrole nitrogens is 1. The molecule has 3 rings (SSSR count). The minimum Gasteiger partial charge on any atom is -0.465 e. The first-order valence-electron chi connectivity index (χ1n) is 6.14. The first kappa shape index (κ1) is 13.4. The van der Waals surface area contributed by atoms with Crippen molar-refractivity contribution >= 4 is 27.5 Å². The Morgan fingerprint density at radius 1 is 1.33 bits per heavy atom. The number of hydrogen-bond donors (Lipinski definition) is 1. The van der Waals surface area contributed by atoms with Crippen LogP contribution >= 0.6 is 11.3 Å². The van der Waals surface area contributed by atoms with Crippen LogP contribution in [0.15, 0.2) is 29.3 Å². The molecule has 21 heavy (non-hydrogen) atoms. The molecule has 0 saturated heterocycles. The van der Waals surface area contributed by atoms with Gasteiger partial charge in [0.1, 0.15) is 15.5 Å². The van der Waals surface area contributed by atoms with Crippen molar-refractivity contribution in [3.05, 3.63) is 45.3 Å². The van der Waals surface area contributed by atoms with Crippen LogP contribution in [0, 0.1) is 6.92 Å². The quantitative estimate of drug-likeness (QED) is 0.733. The van der Waals surface area contributed by atoms with E-state index in [1.165, 1.54) is 7.11 Å². The Labute approximate surface area is 123 Å². The molecule has 0 aliphatic heterocycles. The number of aryl methyl sites for hydroxylation is 1. The molecular weight excluding hydrogens is 290 g/mol. The van der Waals surface area contributed by atoms with E-state index in [4.69, 9.17) is 4.74 Å². The summed E-state index contributed by atoms with van der Waals surface area (Å²) in [7, 11) is 1.31. The number of rotatable bonds is 2. The lowest BCUT2D eigenvalue weighted by atomic mass is 10.2. The van der Waals surface area contributed by atoms with Crippen molar-refractivity contribution in [1.29, 1.82) is 0 Å². The number of methoxy groups -OCH3 is 1. The van der Waals surface area contributed by atoms with E-state index in [9.17, 15) is 9.59 Å². The van der Waals surface area contributed by atoms with Gasteiger partial charge in [0.15, 0.2) is 0 Å². The summed E-state index contributed by atoms with van der Waals surface area (Å²) in [6.45, 7) is 1.72. The third kappa shape index (κ3) is 2.21. The number of aromatic amines is 1. The van der Waals surface area contributed by atoms with Gasteiger partial charge in [0.05, 0.1) is 12.5 Å². The summed E-state index contributed by atoms with van der Waals surface area (Å²) in [5.74, 6) is -0.00655. The Bertz CT molecular complexity index is 884. The maximum Gasteiger partial charge on any atom is 0.348 e. The molecule has 1 N–H and O–H groups in total. The van der Waals surface area contributed by atoms with Crippen molar-refractivity contribution in [2.24, 2.45) is 0 Å². The summed E-state index contributed by atoms with van der Waals surface area (Å²) in [5.41, 5.74) is 1.09. The number of fused-ring (bicyclic) bond motifs is 1. The highest BCUT2D eigenvalue weighted by Gasteiger charge is 2.19. The number of nitrogens with zero attached hydrogens (tertiary/aromatic N) is 2. The van der Waals surface area contributed by atoms with E-state index < -0.39 is 5.97 Å². The molecule has 3 aromatic rings. The van der Waals surface area contributed by atoms with Crippen molar-refractivity contribution in [2.75, 3.05) is 7.11 Å². The maximum atomic E-state index is 12.3. The summed E-state index contributed by atoms with van der Waals surface area (Å²) in [6, 6.07) is 3.51. The largest absolute Gasteiger partial charge is 0.465 e. The van der Waals surface area contributed by atoms with Crippen molar-refractivity contribution in [2.45, 2.75) is 6.92 Å². The van der Waals surface area contributed by atoms with Gasteiger partial charge >= 0.3 is 5.97 Å². The fourth-order valence-corrected chi connectivity index (χ4v) is 3.18. The molecule has 0 unspecified atom stereocenters. The van der Waals surface area contributed by atoms with Gasteiger partial charge in [-0.25, -0.2) is 9.78 Å². The molecule has 0 aromatic carbocycles. The number of pyridine rings is 1. The number of ether oxygens (including phenoxy) is 1. The lowest BCUT2D eigenvalue weighted by Crippen LogP contribution is -2.09. The maximum absolute atomic E-state index is 12.3. The van der Waals surface area contributed by atoms with Gasteiger partial charge in [0, 0.05) is 18.0 Å². The Hall–Kier alpha value is -2.54. The van der Waals surface area contributed by atoms with Gasteiger partial charge < -0.3 is 9.72 Å². The van der Waals surface area contributed by atoms with E-state index in [2.05, 4.69) is 15.0 Å². The van der Waals surface area contributed by atoms with E-state index in [-0.39, 0.29) is 5.56 Å². The van der Waals surface area contributed by atoms with Crippen LogP contribution in [0.4, 0.5) is 0 Å². The van der Waals surface area contributed by atoms with Gasteiger partial charge in [-0.15, -0.1) is 11.3 Å². The highest BCUT2D eigenvalue weighted by atomic mass is 32.1. The minimum atomic E-state index is -0.458. The van der Waals surface area contributed by atoms with Crippen molar-refractivity contribution in [3.63, 3.8) is 0 Å². The van der Waals surface area contributed by atoms with Crippen LogP contribution in [0.3, 0.4) is 0 Å². The summed E-state index contributed by atoms with van der Waals surface area (Å²) < 4.78 is 4.72. The SMILES string of the molecule is COC(=O)c1sc2nc(-c3ccncc3)[nH]c(=O)c2c1C. The molecule has 7 heteroatoms. The predicted molar refractivity (Wildman–Crippen MR) is 79.5 cm³/mol. The van der Waals surface area contributed by atoms with E-state index in [1.54, 1.807) is 31.5 Å². The molecule has 0 saturated carbocycles. The van der Waals surface area contributed by atoms with Crippen molar-refractivity contribution < 1.29 is 9.53 Å². The second-order valence-electron chi connectivity index (χ2n) is 4.38. The molecule has 0 amide bonds. The molecular formula is C14H11N3O3S. The van der Waals surface area contributed by atoms with E-state index >= 15 is 0 Å². The van der Waals surface area contributed by atoms with E-state index in [1.807, 2.05) is 0 Å². The predicted octanol–water partition coefficient (Wildman–Crippen LogP) is 2.14. The first-order valence-corrected chi connectivity index (χ1v) is 6.95. The second kappa shape index (κ2) is 5.10. The number of nitrogens with one attached hydrogen (secondary N) is 1. The Kier molecular flexibility index (Phi) is 3.26. The lowest BCUT2D eigenvalue weighted by Gasteiger charge is -2.00. The Balaban J connectivity index is 2.26. The molecule has 0 aliphatic rings. The minimum absolute atomic E-state index is 0.268. The van der Waals surface area contributed by atoms with Gasteiger partial charge in [-0.05, 0) is 24.6 Å². The molecule has 3 heterocycles. The number of esters is 1. The number of carbonyl (C=O) groups is 1. The van der Waals surface area contributed by atoms with Crippen LogP contribution in [0.2, 0.25) is 0 Å². The Morgan fingerprint density at radius 2 is 2.05 bits per heavy atom. The topological polar surface area (TPSA) is 84.9 Å². The van der Waals surface area contributed by atoms with Gasteiger partial charge in [0.25, 0.3) is 5.56 Å². The fraction of sp³-hybridized carbons (Fsp3) is 0.143. The molecule has 106 valence electrons. The highest BCUT2D eigenvalue weighted by Crippen LogP contribution is 2.28. The monoisotopic (exact) mass is 301 g/mol. The van der Waals surface area contributed by atoms with Crippen molar-refractivity contribution in [3.8, 4) is 11.4 Å². The molecule has 0 atom stereocenters. The average molecular weight is 301 g/mol.